The van der Waals surface area contributed by atoms with E-state index in [1.165, 1.54) is 0 Å². The zero-order valence-electron chi connectivity index (χ0n) is 20.4. The van der Waals surface area contributed by atoms with Gasteiger partial charge >= 0.3 is 0 Å². The molecular formula is C29H28N6O2. The normalized spacial score (nSPS) is 14.1. The van der Waals surface area contributed by atoms with Gasteiger partial charge in [-0.15, -0.1) is 0 Å². The van der Waals surface area contributed by atoms with Gasteiger partial charge in [-0.3, -0.25) is 14.5 Å². The monoisotopic (exact) mass is 492 g/mol. The van der Waals surface area contributed by atoms with Gasteiger partial charge in [0.1, 0.15) is 5.82 Å². The number of amides is 2. The van der Waals surface area contributed by atoms with Gasteiger partial charge in [-0.1, -0.05) is 54.6 Å². The summed E-state index contributed by atoms with van der Waals surface area (Å²) in [6, 6.07) is 28.4. The summed E-state index contributed by atoms with van der Waals surface area (Å²) in [5.74, 6) is 0.518. The summed E-state index contributed by atoms with van der Waals surface area (Å²) in [6.07, 6.45) is 1.65. The van der Waals surface area contributed by atoms with Crippen molar-refractivity contribution in [3.8, 4) is 0 Å². The lowest BCUT2D eigenvalue weighted by Crippen LogP contribution is -2.49. The number of nitrogens with one attached hydrogen (secondary N) is 2. The number of pyridine rings is 1. The van der Waals surface area contributed by atoms with E-state index < -0.39 is 0 Å². The van der Waals surface area contributed by atoms with E-state index in [0.717, 1.165) is 54.2 Å². The molecule has 0 unspecified atom stereocenters. The molecule has 4 aromatic rings. The molecular weight excluding hydrogens is 464 g/mol. The highest BCUT2D eigenvalue weighted by Crippen LogP contribution is 2.24. The number of hydrogen-bond donors (Lipinski definition) is 2. The number of aromatic nitrogens is 1. The van der Waals surface area contributed by atoms with E-state index in [2.05, 4.69) is 25.6 Å². The fourth-order valence-corrected chi connectivity index (χ4v) is 4.33. The number of hydrazone groups is 1. The predicted octanol–water partition coefficient (Wildman–Crippen LogP) is 3.76. The van der Waals surface area contributed by atoms with E-state index in [1.807, 2.05) is 78.9 Å². The molecule has 1 fully saturated rings. The highest BCUT2D eigenvalue weighted by molar-refractivity contribution is 5.97. The second kappa shape index (κ2) is 11.5. The van der Waals surface area contributed by atoms with Crippen LogP contribution >= 0.6 is 0 Å². The van der Waals surface area contributed by atoms with Crippen molar-refractivity contribution >= 4 is 40.4 Å². The van der Waals surface area contributed by atoms with Crippen LogP contribution in [0.5, 0.6) is 0 Å². The van der Waals surface area contributed by atoms with Crippen LogP contribution in [0.1, 0.15) is 15.9 Å². The van der Waals surface area contributed by atoms with E-state index in [1.54, 1.807) is 18.3 Å². The number of para-hydroxylation sites is 2. The molecule has 2 heterocycles. The quantitative estimate of drug-likeness (QED) is 0.303. The fourth-order valence-electron chi connectivity index (χ4n) is 4.33. The van der Waals surface area contributed by atoms with Crippen molar-refractivity contribution in [3.05, 3.63) is 102 Å². The second-order valence-corrected chi connectivity index (χ2v) is 8.84. The van der Waals surface area contributed by atoms with E-state index in [-0.39, 0.29) is 11.8 Å². The number of piperazine rings is 1. The SMILES string of the molecule is O=C(CN1CCN(c2nc3ccccc3cc2/C=N/NC(=O)c2ccccc2)CC1)Nc1ccccc1. The van der Waals surface area contributed by atoms with Crippen LogP contribution in [0.2, 0.25) is 0 Å². The maximum absolute atomic E-state index is 12.5. The Hall–Kier alpha value is -4.56. The summed E-state index contributed by atoms with van der Waals surface area (Å²) < 4.78 is 0. The lowest BCUT2D eigenvalue weighted by molar-refractivity contribution is -0.117. The maximum Gasteiger partial charge on any atom is 0.271 e. The fraction of sp³-hybridized carbons (Fsp3) is 0.172. The summed E-state index contributed by atoms with van der Waals surface area (Å²) in [7, 11) is 0. The standard InChI is InChI=1S/C29H28N6O2/c36-27(31-25-12-5-2-6-13-25)21-34-15-17-35(18-16-34)28-24(19-23-11-7-8-14-26(23)32-28)20-30-33-29(37)22-9-3-1-4-10-22/h1-14,19-20H,15-18,21H2,(H,31,36)(H,33,37)/b30-20+. The molecule has 0 atom stereocenters. The van der Waals surface area contributed by atoms with Crippen LogP contribution < -0.4 is 15.6 Å². The highest BCUT2D eigenvalue weighted by Gasteiger charge is 2.22. The van der Waals surface area contributed by atoms with E-state index in [9.17, 15) is 9.59 Å². The van der Waals surface area contributed by atoms with Crippen molar-refractivity contribution in [1.29, 1.82) is 0 Å². The summed E-state index contributed by atoms with van der Waals surface area (Å²) in [4.78, 5) is 34.1. The first-order valence-electron chi connectivity index (χ1n) is 12.3. The Morgan fingerprint density at radius 2 is 1.54 bits per heavy atom. The molecule has 0 bridgehead atoms. The average molecular weight is 493 g/mol. The van der Waals surface area contributed by atoms with Crippen LogP contribution in [-0.2, 0) is 4.79 Å². The van der Waals surface area contributed by atoms with Crippen molar-refractivity contribution < 1.29 is 9.59 Å². The van der Waals surface area contributed by atoms with Crippen molar-refractivity contribution in [2.45, 2.75) is 0 Å². The number of nitrogens with zero attached hydrogens (tertiary/aromatic N) is 4. The lowest BCUT2D eigenvalue weighted by atomic mass is 10.1. The third-order valence-electron chi connectivity index (χ3n) is 6.23. The predicted molar refractivity (Wildman–Crippen MR) is 147 cm³/mol. The number of benzene rings is 3. The molecule has 186 valence electrons. The van der Waals surface area contributed by atoms with Gasteiger partial charge in [0, 0.05) is 48.4 Å². The van der Waals surface area contributed by atoms with Crippen LogP contribution in [0, 0.1) is 0 Å². The maximum atomic E-state index is 12.5. The molecule has 3 aromatic carbocycles. The Kier molecular flexibility index (Phi) is 7.47. The Morgan fingerprint density at radius 3 is 2.30 bits per heavy atom. The number of rotatable bonds is 7. The summed E-state index contributed by atoms with van der Waals surface area (Å²) in [5, 5.41) is 8.17. The molecule has 0 saturated carbocycles. The van der Waals surface area contributed by atoms with Crippen LogP contribution in [0.3, 0.4) is 0 Å². The second-order valence-electron chi connectivity index (χ2n) is 8.84. The molecule has 1 saturated heterocycles. The number of anilines is 2. The molecule has 0 radical (unpaired) electrons. The Balaban J connectivity index is 1.26. The molecule has 5 rings (SSSR count). The van der Waals surface area contributed by atoms with Crippen molar-refractivity contribution in [2.75, 3.05) is 42.9 Å². The van der Waals surface area contributed by atoms with Crippen LogP contribution in [0.4, 0.5) is 11.5 Å². The topological polar surface area (TPSA) is 89.9 Å². The van der Waals surface area contributed by atoms with Crippen molar-refractivity contribution in [2.24, 2.45) is 5.10 Å². The van der Waals surface area contributed by atoms with Gasteiger partial charge in [0.05, 0.1) is 18.3 Å². The molecule has 2 N–H and O–H groups in total. The number of hydrogen-bond acceptors (Lipinski definition) is 6. The van der Waals surface area contributed by atoms with Crippen LogP contribution in [0.15, 0.2) is 96.1 Å². The molecule has 1 aliphatic rings. The molecule has 2 amide bonds. The van der Waals surface area contributed by atoms with Crippen LogP contribution in [0.25, 0.3) is 10.9 Å². The first-order chi connectivity index (χ1) is 18.2. The minimum atomic E-state index is -0.269. The lowest BCUT2D eigenvalue weighted by Gasteiger charge is -2.35. The van der Waals surface area contributed by atoms with Gasteiger partial charge in [0.15, 0.2) is 0 Å². The average Bonchev–Trinajstić information content (AvgIpc) is 2.94. The van der Waals surface area contributed by atoms with Crippen molar-refractivity contribution in [1.82, 2.24) is 15.3 Å². The van der Waals surface area contributed by atoms with Gasteiger partial charge in [0.2, 0.25) is 5.91 Å². The third kappa shape index (κ3) is 6.17. The zero-order chi connectivity index (χ0) is 25.5. The minimum absolute atomic E-state index is 0.0227. The zero-order valence-corrected chi connectivity index (χ0v) is 20.4. The van der Waals surface area contributed by atoms with E-state index in [4.69, 9.17) is 4.98 Å². The Morgan fingerprint density at radius 1 is 0.865 bits per heavy atom. The summed E-state index contributed by atoms with van der Waals surface area (Å²) >= 11 is 0. The van der Waals surface area contributed by atoms with Gasteiger partial charge in [0.25, 0.3) is 5.91 Å². The highest BCUT2D eigenvalue weighted by atomic mass is 16.2. The van der Waals surface area contributed by atoms with Gasteiger partial charge in [-0.2, -0.15) is 5.10 Å². The smallest absolute Gasteiger partial charge is 0.271 e. The Bertz CT molecular complexity index is 1400. The Labute approximate surface area is 215 Å². The van der Waals surface area contributed by atoms with E-state index >= 15 is 0 Å². The summed E-state index contributed by atoms with van der Waals surface area (Å²) in [6.45, 7) is 3.26. The number of carbonyl (C=O) groups is 2. The molecule has 37 heavy (non-hydrogen) atoms. The molecule has 8 heteroatoms. The minimum Gasteiger partial charge on any atom is -0.353 e. The molecule has 0 aliphatic carbocycles. The molecule has 8 nitrogen and oxygen atoms in total. The molecule has 1 aliphatic heterocycles. The van der Waals surface area contributed by atoms with Gasteiger partial charge in [-0.05, 0) is 36.4 Å². The first-order valence-corrected chi connectivity index (χ1v) is 12.3. The number of fused-ring (bicyclic) bond motifs is 1. The van der Waals surface area contributed by atoms with E-state index in [0.29, 0.717) is 12.1 Å². The van der Waals surface area contributed by atoms with Gasteiger partial charge in [-0.25, -0.2) is 10.4 Å². The van der Waals surface area contributed by atoms with Crippen LogP contribution in [-0.4, -0.2) is 60.6 Å². The van der Waals surface area contributed by atoms with Gasteiger partial charge < -0.3 is 10.2 Å². The number of carbonyl (C=O) groups excluding carboxylic acids is 2. The third-order valence-corrected chi connectivity index (χ3v) is 6.23. The first kappa shape index (κ1) is 24.1. The van der Waals surface area contributed by atoms with Crippen molar-refractivity contribution in [3.63, 3.8) is 0 Å². The summed E-state index contributed by atoms with van der Waals surface area (Å²) in [5.41, 5.74) is 5.67. The molecule has 0 spiro atoms. The molecule has 1 aromatic heterocycles. The largest absolute Gasteiger partial charge is 0.353 e.